The van der Waals surface area contributed by atoms with Crippen molar-refractivity contribution in [2.24, 2.45) is 5.92 Å². The molecule has 1 aromatic rings. The first kappa shape index (κ1) is 9.50. The fraction of sp³-hybridized carbons (Fsp3) is 0.500. The Morgan fingerprint density at radius 3 is 2.79 bits per heavy atom. The van der Waals surface area contributed by atoms with Gasteiger partial charge in [0.15, 0.2) is 0 Å². The van der Waals surface area contributed by atoms with Crippen molar-refractivity contribution in [2.75, 3.05) is 5.73 Å². The molecule has 0 heterocycles. The van der Waals surface area contributed by atoms with Gasteiger partial charge in [-0.2, -0.15) is 0 Å². The standard InChI is InChI=1S/C12H16FN/c1-7(2)10-4-3-8-5-9(14)6-11(13)12(8)10/h5-7,10H,3-4,14H2,1-2H3. The monoisotopic (exact) mass is 193 g/mol. The second-order valence-corrected chi connectivity index (χ2v) is 4.46. The van der Waals surface area contributed by atoms with Crippen molar-refractivity contribution < 1.29 is 4.39 Å². The molecule has 0 fully saturated rings. The van der Waals surface area contributed by atoms with Gasteiger partial charge in [0.05, 0.1) is 0 Å². The molecule has 1 aromatic carbocycles. The van der Waals surface area contributed by atoms with Crippen LogP contribution in [0.5, 0.6) is 0 Å². The first-order chi connectivity index (χ1) is 6.59. The predicted octanol–water partition coefficient (Wildman–Crippen LogP) is 3.09. The fourth-order valence-corrected chi connectivity index (χ4v) is 2.44. The summed E-state index contributed by atoms with van der Waals surface area (Å²) < 4.78 is 13.7. The Kier molecular flexibility index (Phi) is 2.22. The van der Waals surface area contributed by atoms with Crippen LogP contribution in [0.2, 0.25) is 0 Å². The number of anilines is 1. The molecule has 1 unspecified atom stereocenters. The van der Waals surface area contributed by atoms with Gasteiger partial charge in [0.2, 0.25) is 0 Å². The lowest BCUT2D eigenvalue weighted by atomic mass is 9.90. The smallest absolute Gasteiger partial charge is 0.129 e. The van der Waals surface area contributed by atoms with E-state index in [-0.39, 0.29) is 5.82 Å². The minimum Gasteiger partial charge on any atom is -0.399 e. The summed E-state index contributed by atoms with van der Waals surface area (Å²) in [5.74, 6) is 0.774. The Balaban J connectivity index is 2.49. The second-order valence-electron chi connectivity index (χ2n) is 4.46. The van der Waals surface area contributed by atoms with Gasteiger partial charge in [0.25, 0.3) is 0 Å². The van der Waals surface area contributed by atoms with Gasteiger partial charge in [-0.05, 0) is 47.9 Å². The molecule has 0 aliphatic heterocycles. The minimum absolute atomic E-state index is 0.115. The number of hydrogen-bond acceptors (Lipinski definition) is 1. The molecule has 2 N–H and O–H groups in total. The lowest BCUT2D eigenvalue weighted by Crippen LogP contribution is -2.05. The van der Waals surface area contributed by atoms with Gasteiger partial charge < -0.3 is 5.73 Å². The Morgan fingerprint density at radius 2 is 2.14 bits per heavy atom. The van der Waals surface area contributed by atoms with Crippen LogP contribution in [-0.4, -0.2) is 0 Å². The molecule has 0 spiro atoms. The predicted molar refractivity (Wildman–Crippen MR) is 56.7 cm³/mol. The third-order valence-electron chi connectivity index (χ3n) is 3.14. The van der Waals surface area contributed by atoms with Crippen LogP contribution in [0, 0.1) is 11.7 Å². The van der Waals surface area contributed by atoms with Crippen molar-refractivity contribution in [2.45, 2.75) is 32.6 Å². The van der Waals surface area contributed by atoms with E-state index in [1.54, 1.807) is 0 Å². The van der Waals surface area contributed by atoms with Gasteiger partial charge in [-0.3, -0.25) is 0 Å². The highest BCUT2D eigenvalue weighted by Crippen LogP contribution is 2.40. The van der Waals surface area contributed by atoms with E-state index in [0.717, 1.165) is 24.0 Å². The zero-order valence-corrected chi connectivity index (χ0v) is 8.68. The van der Waals surface area contributed by atoms with Crippen LogP contribution in [0.4, 0.5) is 10.1 Å². The van der Waals surface area contributed by atoms with E-state index in [9.17, 15) is 4.39 Å². The van der Waals surface area contributed by atoms with Crippen LogP contribution in [0.15, 0.2) is 12.1 Å². The summed E-state index contributed by atoms with van der Waals surface area (Å²) in [6.07, 6.45) is 2.04. The number of halogens is 1. The number of nitrogen functional groups attached to an aromatic ring is 1. The molecule has 1 aliphatic rings. The van der Waals surface area contributed by atoms with Crippen LogP contribution < -0.4 is 5.73 Å². The molecule has 0 saturated heterocycles. The zero-order valence-electron chi connectivity index (χ0n) is 8.68. The summed E-state index contributed by atoms with van der Waals surface area (Å²) in [5, 5.41) is 0. The van der Waals surface area contributed by atoms with Gasteiger partial charge in [-0.15, -0.1) is 0 Å². The maximum Gasteiger partial charge on any atom is 0.129 e. The van der Waals surface area contributed by atoms with Gasteiger partial charge in [-0.25, -0.2) is 4.39 Å². The molecular formula is C12H16FN. The fourth-order valence-electron chi connectivity index (χ4n) is 2.44. The van der Waals surface area contributed by atoms with Gasteiger partial charge >= 0.3 is 0 Å². The summed E-state index contributed by atoms with van der Waals surface area (Å²) in [6.45, 7) is 4.30. The van der Waals surface area contributed by atoms with Gasteiger partial charge in [0.1, 0.15) is 5.82 Å². The molecule has 0 bridgehead atoms. The van der Waals surface area contributed by atoms with Crippen LogP contribution in [0.25, 0.3) is 0 Å². The number of benzene rings is 1. The van der Waals surface area contributed by atoms with Crippen LogP contribution >= 0.6 is 0 Å². The SMILES string of the molecule is CC(C)C1CCc2cc(N)cc(F)c21. The molecule has 2 rings (SSSR count). The Labute approximate surface area is 84.1 Å². The van der Waals surface area contributed by atoms with E-state index >= 15 is 0 Å². The normalized spacial score (nSPS) is 20.1. The van der Waals surface area contributed by atoms with Crippen molar-refractivity contribution >= 4 is 5.69 Å². The number of aryl methyl sites for hydroxylation is 1. The van der Waals surface area contributed by atoms with E-state index in [1.165, 1.54) is 6.07 Å². The third kappa shape index (κ3) is 1.39. The van der Waals surface area contributed by atoms with E-state index < -0.39 is 0 Å². The first-order valence-electron chi connectivity index (χ1n) is 5.17. The summed E-state index contributed by atoms with van der Waals surface area (Å²) in [5.41, 5.74) is 8.18. The molecule has 0 amide bonds. The number of fused-ring (bicyclic) bond motifs is 1. The van der Waals surface area contributed by atoms with Gasteiger partial charge in [0, 0.05) is 5.69 Å². The lowest BCUT2D eigenvalue weighted by Gasteiger charge is -2.16. The highest BCUT2D eigenvalue weighted by molar-refractivity contribution is 5.49. The molecule has 1 aliphatic carbocycles. The number of rotatable bonds is 1. The van der Waals surface area contributed by atoms with Crippen LogP contribution in [0.1, 0.15) is 37.3 Å². The highest BCUT2D eigenvalue weighted by Gasteiger charge is 2.28. The maximum atomic E-state index is 13.7. The summed E-state index contributed by atoms with van der Waals surface area (Å²) in [6, 6.07) is 3.36. The van der Waals surface area contributed by atoms with E-state index in [0.29, 0.717) is 17.5 Å². The topological polar surface area (TPSA) is 26.0 Å². The third-order valence-corrected chi connectivity index (χ3v) is 3.14. The molecular weight excluding hydrogens is 177 g/mol. The minimum atomic E-state index is -0.115. The first-order valence-corrected chi connectivity index (χ1v) is 5.17. The summed E-state index contributed by atoms with van der Waals surface area (Å²) >= 11 is 0. The molecule has 1 atom stereocenters. The average molecular weight is 193 g/mol. The Hall–Kier alpha value is -1.05. The van der Waals surface area contributed by atoms with E-state index in [1.807, 2.05) is 6.07 Å². The van der Waals surface area contributed by atoms with Crippen molar-refractivity contribution in [3.63, 3.8) is 0 Å². The Morgan fingerprint density at radius 1 is 1.43 bits per heavy atom. The van der Waals surface area contributed by atoms with Crippen LogP contribution in [-0.2, 0) is 6.42 Å². The summed E-state index contributed by atoms with van der Waals surface area (Å²) in [4.78, 5) is 0. The van der Waals surface area contributed by atoms with E-state index in [4.69, 9.17) is 5.73 Å². The molecule has 1 nitrogen and oxygen atoms in total. The maximum absolute atomic E-state index is 13.7. The molecule has 0 radical (unpaired) electrons. The molecule has 76 valence electrons. The van der Waals surface area contributed by atoms with Crippen LogP contribution in [0.3, 0.4) is 0 Å². The number of hydrogen-bond donors (Lipinski definition) is 1. The molecule has 2 heteroatoms. The van der Waals surface area contributed by atoms with Gasteiger partial charge in [-0.1, -0.05) is 13.8 Å². The van der Waals surface area contributed by atoms with Crippen molar-refractivity contribution in [1.82, 2.24) is 0 Å². The Bertz CT molecular complexity index is 358. The molecule has 0 saturated carbocycles. The lowest BCUT2D eigenvalue weighted by molar-refractivity contribution is 0.475. The van der Waals surface area contributed by atoms with Crippen molar-refractivity contribution in [1.29, 1.82) is 0 Å². The van der Waals surface area contributed by atoms with Crippen molar-refractivity contribution in [3.05, 3.63) is 29.1 Å². The van der Waals surface area contributed by atoms with E-state index in [2.05, 4.69) is 13.8 Å². The quantitative estimate of drug-likeness (QED) is 0.681. The molecule has 14 heavy (non-hydrogen) atoms. The highest BCUT2D eigenvalue weighted by atomic mass is 19.1. The van der Waals surface area contributed by atoms with Crippen molar-refractivity contribution in [3.8, 4) is 0 Å². The largest absolute Gasteiger partial charge is 0.399 e. The average Bonchev–Trinajstić information content (AvgIpc) is 2.47. The summed E-state index contributed by atoms with van der Waals surface area (Å²) in [7, 11) is 0. The second kappa shape index (κ2) is 3.26. The zero-order chi connectivity index (χ0) is 10.3. The number of nitrogens with two attached hydrogens (primary N) is 1. The molecule has 0 aromatic heterocycles.